The average molecular weight is 468 g/mol. The van der Waals surface area contributed by atoms with Gasteiger partial charge in [0.05, 0.1) is 11.4 Å². The average Bonchev–Trinajstić information content (AvgIpc) is 3.19. The number of hydrogen-bond donors (Lipinski definition) is 1. The van der Waals surface area contributed by atoms with Gasteiger partial charge in [-0.15, -0.1) is 10.2 Å². The number of carbonyl (C=O) groups is 1. The summed E-state index contributed by atoms with van der Waals surface area (Å²) in [7, 11) is 0. The van der Waals surface area contributed by atoms with Gasteiger partial charge in [0.2, 0.25) is 5.91 Å². The van der Waals surface area contributed by atoms with Gasteiger partial charge in [0.1, 0.15) is 11.6 Å². The van der Waals surface area contributed by atoms with Crippen LogP contribution in [-0.2, 0) is 4.79 Å². The summed E-state index contributed by atoms with van der Waals surface area (Å²) in [5.41, 5.74) is -0.457. The number of halogens is 4. The third-order valence-electron chi connectivity index (χ3n) is 4.34. The van der Waals surface area contributed by atoms with Crippen LogP contribution in [0.25, 0.3) is 0 Å². The maximum atomic E-state index is 13.8. The van der Waals surface area contributed by atoms with Crippen molar-refractivity contribution in [3.8, 4) is 5.75 Å². The minimum atomic E-state index is -1.66. The van der Waals surface area contributed by atoms with E-state index in [-0.39, 0.29) is 17.6 Å². The molecule has 0 saturated carbocycles. The van der Waals surface area contributed by atoms with Crippen LogP contribution in [0.4, 0.5) is 23.2 Å². The van der Waals surface area contributed by atoms with Crippen molar-refractivity contribution in [3.63, 3.8) is 0 Å². The van der Waals surface area contributed by atoms with Gasteiger partial charge < -0.3 is 14.6 Å². The lowest BCUT2D eigenvalue weighted by atomic mass is 10.3. The van der Waals surface area contributed by atoms with Crippen LogP contribution in [0, 0.1) is 23.3 Å². The van der Waals surface area contributed by atoms with Gasteiger partial charge in [0, 0.05) is 6.04 Å². The number of thioether (sulfide) groups is 1. The van der Waals surface area contributed by atoms with E-state index >= 15 is 0 Å². The molecule has 0 saturated heterocycles. The van der Waals surface area contributed by atoms with E-state index in [0.717, 1.165) is 23.9 Å². The second-order valence-corrected chi connectivity index (χ2v) is 8.02. The van der Waals surface area contributed by atoms with Crippen molar-refractivity contribution in [1.82, 2.24) is 14.8 Å². The Hall–Kier alpha value is -3.08. The Kier molecular flexibility index (Phi) is 7.39. The molecule has 0 aliphatic carbocycles. The Morgan fingerprint density at radius 2 is 1.72 bits per heavy atom. The topological polar surface area (TPSA) is 69.0 Å². The second-order valence-electron chi connectivity index (χ2n) is 7.08. The van der Waals surface area contributed by atoms with Crippen molar-refractivity contribution in [3.05, 3.63) is 65.5 Å². The minimum Gasteiger partial charge on any atom is -0.483 e. The number of ether oxygens (including phenoxy) is 1. The van der Waals surface area contributed by atoms with E-state index in [1.54, 1.807) is 11.5 Å². The summed E-state index contributed by atoms with van der Waals surface area (Å²) in [5, 5.41) is 10.9. The van der Waals surface area contributed by atoms with E-state index in [1.807, 2.05) is 13.8 Å². The SMILES string of the molecule is CC(Oc1ccc(F)cc1)c1nnc(SCC(=O)Nc2ccc(F)c(F)c2F)n1C(C)C. The maximum Gasteiger partial charge on any atom is 0.234 e. The van der Waals surface area contributed by atoms with Crippen molar-refractivity contribution in [1.29, 1.82) is 0 Å². The number of anilines is 1. The first kappa shape index (κ1) is 23.6. The summed E-state index contributed by atoms with van der Waals surface area (Å²) < 4.78 is 60.8. The number of carbonyl (C=O) groups excluding carboxylic acids is 1. The van der Waals surface area contributed by atoms with Crippen molar-refractivity contribution < 1.29 is 27.1 Å². The molecule has 0 spiro atoms. The van der Waals surface area contributed by atoms with Crippen molar-refractivity contribution in [2.24, 2.45) is 0 Å². The molecule has 0 radical (unpaired) electrons. The lowest BCUT2D eigenvalue weighted by molar-refractivity contribution is -0.113. The first-order valence-corrected chi connectivity index (χ1v) is 10.6. The van der Waals surface area contributed by atoms with E-state index in [9.17, 15) is 22.4 Å². The number of benzene rings is 2. The van der Waals surface area contributed by atoms with Crippen LogP contribution in [0.15, 0.2) is 41.6 Å². The summed E-state index contributed by atoms with van der Waals surface area (Å²) in [6, 6.07) is 7.16. The molecule has 2 aromatic carbocycles. The normalized spacial score (nSPS) is 12.1. The van der Waals surface area contributed by atoms with Crippen LogP contribution in [0.5, 0.6) is 5.75 Å². The van der Waals surface area contributed by atoms with Gasteiger partial charge in [-0.25, -0.2) is 17.6 Å². The first-order valence-electron chi connectivity index (χ1n) is 9.60. The van der Waals surface area contributed by atoms with Gasteiger partial charge in [-0.05, 0) is 57.2 Å². The Labute approximate surface area is 186 Å². The zero-order valence-corrected chi connectivity index (χ0v) is 18.2. The molecule has 0 fully saturated rings. The molecule has 1 heterocycles. The van der Waals surface area contributed by atoms with Gasteiger partial charge in [-0.2, -0.15) is 0 Å². The van der Waals surface area contributed by atoms with Crippen LogP contribution in [0.3, 0.4) is 0 Å². The number of hydrogen-bond acceptors (Lipinski definition) is 5. The molecule has 3 rings (SSSR count). The van der Waals surface area contributed by atoms with E-state index in [2.05, 4.69) is 15.5 Å². The Bertz CT molecular complexity index is 1110. The number of amides is 1. The highest BCUT2D eigenvalue weighted by Gasteiger charge is 2.22. The van der Waals surface area contributed by atoms with Gasteiger partial charge in [0.25, 0.3) is 0 Å². The van der Waals surface area contributed by atoms with Gasteiger partial charge >= 0.3 is 0 Å². The summed E-state index contributed by atoms with van der Waals surface area (Å²) in [6.07, 6.45) is -0.519. The molecule has 0 bridgehead atoms. The van der Waals surface area contributed by atoms with Crippen LogP contribution in [0.2, 0.25) is 0 Å². The maximum absolute atomic E-state index is 13.8. The predicted molar refractivity (Wildman–Crippen MR) is 112 cm³/mol. The smallest absolute Gasteiger partial charge is 0.234 e. The van der Waals surface area contributed by atoms with Gasteiger partial charge in [-0.1, -0.05) is 11.8 Å². The predicted octanol–water partition coefficient (Wildman–Crippen LogP) is 5.29. The highest BCUT2D eigenvalue weighted by molar-refractivity contribution is 7.99. The van der Waals surface area contributed by atoms with Crippen LogP contribution < -0.4 is 10.1 Å². The molecule has 1 N–H and O–H groups in total. The number of nitrogens with one attached hydrogen (secondary N) is 1. The molecule has 3 aromatic rings. The molecular weight excluding hydrogens is 448 g/mol. The zero-order chi connectivity index (χ0) is 23.4. The zero-order valence-electron chi connectivity index (χ0n) is 17.4. The number of rotatable bonds is 8. The van der Waals surface area contributed by atoms with Crippen molar-refractivity contribution in [2.75, 3.05) is 11.1 Å². The Morgan fingerprint density at radius 3 is 2.38 bits per heavy atom. The molecule has 170 valence electrons. The number of nitrogens with zero attached hydrogens (tertiary/aromatic N) is 3. The van der Waals surface area contributed by atoms with E-state index in [4.69, 9.17) is 4.74 Å². The van der Waals surface area contributed by atoms with Crippen LogP contribution in [-0.4, -0.2) is 26.4 Å². The molecule has 11 heteroatoms. The standard InChI is InChI=1S/C21H20F4N4O2S/c1-11(2)29-20(12(3)31-14-6-4-13(22)5-7-14)27-28-21(29)32-10-17(30)26-16-9-8-15(23)18(24)19(16)25/h4-9,11-12H,10H2,1-3H3,(H,26,30). The summed E-state index contributed by atoms with van der Waals surface area (Å²) in [5.74, 6) is -4.69. The van der Waals surface area contributed by atoms with Crippen molar-refractivity contribution in [2.45, 2.75) is 38.1 Å². The molecule has 0 aliphatic heterocycles. The fraction of sp³-hybridized carbons (Fsp3) is 0.286. The largest absolute Gasteiger partial charge is 0.483 e. The third kappa shape index (κ3) is 5.39. The Balaban J connectivity index is 1.69. The minimum absolute atomic E-state index is 0.0755. The van der Waals surface area contributed by atoms with Gasteiger partial charge in [-0.3, -0.25) is 4.79 Å². The van der Waals surface area contributed by atoms with Crippen molar-refractivity contribution >= 4 is 23.4 Å². The molecule has 1 aromatic heterocycles. The summed E-state index contributed by atoms with van der Waals surface area (Å²) in [4.78, 5) is 12.2. The van der Waals surface area contributed by atoms with E-state index in [0.29, 0.717) is 16.7 Å². The fourth-order valence-corrected chi connectivity index (χ4v) is 3.73. The molecular formula is C21H20F4N4O2S. The van der Waals surface area contributed by atoms with Gasteiger partial charge in [0.15, 0.2) is 34.5 Å². The quantitative estimate of drug-likeness (QED) is 0.277. The molecule has 1 atom stereocenters. The summed E-state index contributed by atoms with van der Waals surface area (Å²) in [6.45, 7) is 5.57. The second kappa shape index (κ2) is 10.0. The van der Waals surface area contributed by atoms with Crippen LogP contribution in [0.1, 0.15) is 38.7 Å². The molecule has 32 heavy (non-hydrogen) atoms. The molecule has 0 aliphatic rings. The summed E-state index contributed by atoms with van der Waals surface area (Å²) >= 11 is 1.04. The molecule has 6 nitrogen and oxygen atoms in total. The van der Waals surface area contributed by atoms with Crippen LogP contribution >= 0.6 is 11.8 Å². The Morgan fingerprint density at radius 1 is 1.03 bits per heavy atom. The lowest BCUT2D eigenvalue weighted by Gasteiger charge is -2.18. The highest BCUT2D eigenvalue weighted by Crippen LogP contribution is 2.28. The third-order valence-corrected chi connectivity index (χ3v) is 5.28. The molecule has 1 unspecified atom stereocenters. The lowest BCUT2D eigenvalue weighted by Crippen LogP contribution is -2.17. The fourth-order valence-electron chi connectivity index (χ4n) is 2.86. The molecule has 1 amide bonds. The monoisotopic (exact) mass is 468 g/mol. The van der Waals surface area contributed by atoms with E-state index < -0.39 is 35.2 Å². The highest BCUT2D eigenvalue weighted by atomic mass is 32.2. The van der Waals surface area contributed by atoms with E-state index in [1.165, 1.54) is 24.3 Å². The number of aromatic nitrogens is 3. The first-order chi connectivity index (χ1) is 15.2.